The molecule has 2 aromatic carbocycles. The molecule has 0 spiro atoms. The zero-order valence-corrected chi connectivity index (χ0v) is 25.2. The number of fused-ring (bicyclic) bond motifs is 2. The quantitative estimate of drug-likeness (QED) is 0.265. The fourth-order valence-electron chi connectivity index (χ4n) is 6.17. The second kappa shape index (κ2) is 12.5. The van der Waals surface area contributed by atoms with Crippen molar-refractivity contribution in [1.29, 1.82) is 0 Å². The van der Waals surface area contributed by atoms with Crippen LogP contribution in [0.15, 0.2) is 107 Å². The number of benzene rings is 2. The van der Waals surface area contributed by atoms with E-state index in [0.717, 1.165) is 16.8 Å². The number of carbonyl (C=O) groups excluding carboxylic acids is 2. The molecule has 0 bridgehead atoms. The Bertz CT molecular complexity index is 2220. The summed E-state index contributed by atoms with van der Waals surface area (Å²) in [6.07, 6.45) is 7.13. The number of aromatic nitrogens is 5. The van der Waals surface area contributed by atoms with Gasteiger partial charge in [-0.1, -0.05) is 30.3 Å². The van der Waals surface area contributed by atoms with Gasteiger partial charge in [0.2, 0.25) is 0 Å². The molecule has 0 saturated heterocycles. The minimum absolute atomic E-state index is 0.00312. The van der Waals surface area contributed by atoms with Crippen LogP contribution in [0.5, 0.6) is 0 Å². The lowest BCUT2D eigenvalue weighted by Gasteiger charge is -2.29. The van der Waals surface area contributed by atoms with E-state index in [1.54, 1.807) is 53.1 Å². The van der Waals surface area contributed by atoms with E-state index in [-0.39, 0.29) is 46.9 Å². The fraction of sp³-hybridized carbons (Fsp3) is 0.200. The minimum atomic E-state index is -0.704. The molecule has 2 N–H and O–H groups in total. The average Bonchev–Trinajstić information content (AvgIpc) is 3.53. The van der Waals surface area contributed by atoms with E-state index < -0.39 is 17.1 Å². The molecular formula is C35H30FN7O4. The molecule has 2 amide bonds. The van der Waals surface area contributed by atoms with Crippen molar-refractivity contribution in [2.45, 2.75) is 38.3 Å². The molecule has 1 aliphatic rings. The molecule has 1 fully saturated rings. The summed E-state index contributed by atoms with van der Waals surface area (Å²) in [4.78, 5) is 62.0. The third-order valence-corrected chi connectivity index (χ3v) is 8.56. The molecule has 1 aliphatic carbocycles. The Morgan fingerprint density at radius 2 is 1.68 bits per heavy atom. The van der Waals surface area contributed by atoms with E-state index >= 15 is 0 Å². The average molecular weight is 632 g/mol. The van der Waals surface area contributed by atoms with Crippen LogP contribution in [0.25, 0.3) is 22.4 Å². The molecule has 0 atom stereocenters. The smallest absolute Gasteiger partial charge is 0.337 e. The zero-order chi connectivity index (χ0) is 32.5. The summed E-state index contributed by atoms with van der Waals surface area (Å²) in [6.45, 7) is 0.116. The van der Waals surface area contributed by atoms with Gasteiger partial charge in [-0.15, -0.1) is 0 Å². The molecule has 236 valence electrons. The standard InChI is InChI=1S/C35H30FN7O4/c36-24-18-28-31(37-19-24)43(27-10-6-7-23(17-27)32(44)38-25-8-2-1-3-9-25)35(47)42(34(28)46)20-22-12-14-26(15-13-22)39-33(45)29-21-41-16-5-4-11-30(41)40-29/h1-11,16-19,21-22,26H,12-15,20H2,(H,38,44)(H,39,45). The number of para-hydroxylation sites is 1. The van der Waals surface area contributed by atoms with Crippen molar-refractivity contribution >= 4 is 34.2 Å². The van der Waals surface area contributed by atoms with Gasteiger partial charge < -0.3 is 15.0 Å². The van der Waals surface area contributed by atoms with Gasteiger partial charge in [-0.2, -0.15) is 0 Å². The van der Waals surface area contributed by atoms with Crippen LogP contribution in [-0.2, 0) is 6.54 Å². The van der Waals surface area contributed by atoms with Crippen LogP contribution in [0.4, 0.5) is 10.1 Å². The molecule has 47 heavy (non-hydrogen) atoms. The number of hydrogen-bond acceptors (Lipinski definition) is 6. The number of hydrogen-bond donors (Lipinski definition) is 2. The molecule has 0 unspecified atom stereocenters. The Morgan fingerprint density at radius 3 is 2.47 bits per heavy atom. The monoisotopic (exact) mass is 631 g/mol. The topological polar surface area (TPSA) is 132 Å². The Labute approximate surface area is 267 Å². The van der Waals surface area contributed by atoms with Gasteiger partial charge in [-0.05, 0) is 80.1 Å². The number of halogens is 1. The van der Waals surface area contributed by atoms with Crippen LogP contribution >= 0.6 is 0 Å². The number of anilines is 1. The van der Waals surface area contributed by atoms with E-state index in [1.165, 1.54) is 10.6 Å². The van der Waals surface area contributed by atoms with Gasteiger partial charge in [0, 0.05) is 36.2 Å². The summed E-state index contributed by atoms with van der Waals surface area (Å²) in [5, 5.41) is 5.84. The van der Waals surface area contributed by atoms with E-state index in [2.05, 4.69) is 20.6 Å². The lowest BCUT2D eigenvalue weighted by molar-refractivity contribution is 0.0915. The highest BCUT2D eigenvalue weighted by Crippen LogP contribution is 2.26. The van der Waals surface area contributed by atoms with Gasteiger partial charge in [0.1, 0.15) is 17.2 Å². The van der Waals surface area contributed by atoms with Gasteiger partial charge in [0.05, 0.1) is 17.3 Å². The first-order valence-electron chi connectivity index (χ1n) is 15.4. The summed E-state index contributed by atoms with van der Waals surface area (Å²) >= 11 is 0. The number of pyridine rings is 2. The summed E-state index contributed by atoms with van der Waals surface area (Å²) in [7, 11) is 0. The van der Waals surface area contributed by atoms with E-state index in [4.69, 9.17) is 0 Å². The lowest BCUT2D eigenvalue weighted by atomic mass is 9.86. The van der Waals surface area contributed by atoms with Gasteiger partial charge in [-0.3, -0.25) is 19.0 Å². The maximum atomic E-state index is 14.4. The Hall–Kier alpha value is -5.91. The summed E-state index contributed by atoms with van der Waals surface area (Å²) < 4.78 is 18.5. The van der Waals surface area contributed by atoms with Gasteiger partial charge >= 0.3 is 5.69 Å². The highest BCUT2D eigenvalue weighted by atomic mass is 19.1. The molecule has 6 aromatic rings. The second-order valence-corrected chi connectivity index (χ2v) is 11.7. The molecular weight excluding hydrogens is 601 g/mol. The Kier molecular flexibility index (Phi) is 7.90. The van der Waals surface area contributed by atoms with Gasteiger partial charge in [0.15, 0.2) is 5.65 Å². The largest absolute Gasteiger partial charge is 0.348 e. The van der Waals surface area contributed by atoms with Crippen molar-refractivity contribution in [3.05, 3.63) is 135 Å². The van der Waals surface area contributed by atoms with E-state index in [1.807, 2.05) is 30.5 Å². The maximum absolute atomic E-state index is 14.4. The third kappa shape index (κ3) is 6.05. The summed E-state index contributed by atoms with van der Waals surface area (Å²) in [5.41, 5.74) is 0.965. The van der Waals surface area contributed by atoms with Crippen molar-refractivity contribution in [2.24, 2.45) is 5.92 Å². The van der Waals surface area contributed by atoms with Crippen LogP contribution < -0.4 is 21.9 Å². The van der Waals surface area contributed by atoms with Crippen LogP contribution in [0.2, 0.25) is 0 Å². The predicted octanol–water partition coefficient (Wildman–Crippen LogP) is 4.58. The SMILES string of the molecule is O=C(Nc1ccccc1)c1cccc(-n2c(=O)n(CC3CCC(NC(=O)c4cn5ccccc5n4)CC3)c(=O)c3cc(F)cnc32)c1. The Balaban J connectivity index is 1.13. The lowest BCUT2D eigenvalue weighted by Crippen LogP contribution is -2.43. The molecule has 0 aliphatic heterocycles. The van der Waals surface area contributed by atoms with Crippen LogP contribution in [-0.4, -0.2) is 41.4 Å². The maximum Gasteiger partial charge on any atom is 0.337 e. The number of carbonyl (C=O) groups is 2. The van der Waals surface area contributed by atoms with Gasteiger partial charge in [-0.25, -0.2) is 23.7 Å². The number of nitrogens with zero attached hydrogens (tertiary/aromatic N) is 5. The Morgan fingerprint density at radius 1 is 0.894 bits per heavy atom. The summed E-state index contributed by atoms with van der Waals surface area (Å²) in [6, 6.07) is 21.9. The number of amides is 2. The number of imidazole rings is 1. The third-order valence-electron chi connectivity index (χ3n) is 8.56. The van der Waals surface area contributed by atoms with Crippen LogP contribution in [0.3, 0.4) is 0 Å². The molecule has 4 heterocycles. The predicted molar refractivity (Wildman–Crippen MR) is 174 cm³/mol. The highest BCUT2D eigenvalue weighted by molar-refractivity contribution is 6.04. The second-order valence-electron chi connectivity index (χ2n) is 11.7. The van der Waals surface area contributed by atoms with Crippen molar-refractivity contribution in [1.82, 2.24) is 28.8 Å². The van der Waals surface area contributed by atoms with Crippen molar-refractivity contribution in [3.8, 4) is 5.69 Å². The van der Waals surface area contributed by atoms with E-state index in [9.17, 15) is 23.6 Å². The van der Waals surface area contributed by atoms with Crippen LogP contribution in [0, 0.1) is 11.7 Å². The first-order chi connectivity index (χ1) is 22.8. The molecule has 1 saturated carbocycles. The minimum Gasteiger partial charge on any atom is -0.348 e. The summed E-state index contributed by atoms with van der Waals surface area (Å²) in [5.74, 6) is -1.36. The van der Waals surface area contributed by atoms with Gasteiger partial charge in [0.25, 0.3) is 17.4 Å². The molecule has 12 heteroatoms. The molecule has 4 aromatic heterocycles. The first-order valence-corrected chi connectivity index (χ1v) is 15.4. The molecule has 11 nitrogen and oxygen atoms in total. The molecule has 7 rings (SSSR count). The van der Waals surface area contributed by atoms with Crippen molar-refractivity contribution in [3.63, 3.8) is 0 Å². The normalized spacial score (nSPS) is 16.3. The van der Waals surface area contributed by atoms with Crippen molar-refractivity contribution in [2.75, 3.05) is 5.32 Å². The number of nitrogens with one attached hydrogen (secondary N) is 2. The van der Waals surface area contributed by atoms with E-state index in [0.29, 0.717) is 48.4 Å². The van der Waals surface area contributed by atoms with Crippen molar-refractivity contribution < 1.29 is 14.0 Å². The molecule has 0 radical (unpaired) electrons. The zero-order valence-electron chi connectivity index (χ0n) is 25.2. The van der Waals surface area contributed by atoms with Crippen LogP contribution in [0.1, 0.15) is 46.5 Å². The first kappa shape index (κ1) is 29.8. The fourth-order valence-corrected chi connectivity index (χ4v) is 6.17. The highest BCUT2D eigenvalue weighted by Gasteiger charge is 2.26. The number of rotatable bonds is 7.